The minimum Gasteiger partial charge on any atom is -0.338 e. The molecule has 0 spiro atoms. The Balaban J connectivity index is 3.88. The summed E-state index contributed by atoms with van der Waals surface area (Å²) in [5.74, 6) is 0. The summed E-state index contributed by atoms with van der Waals surface area (Å²) >= 11 is 0. The quantitative estimate of drug-likeness (QED) is 0.281. The van der Waals surface area contributed by atoms with E-state index in [0.717, 1.165) is 25.9 Å². The molecule has 0 atom stereocenters. The first-order valence-corrected chi connectivity index (χ1v) is 16.1. The maximum absolute atomic E-state index is 11.9. The molecule has 2 amide bonds. The molecular weight excluding hydrogens is 328 g/mol. The zero-order valence-electron chi connectivity index (χ0n) is 17.4. The van der Waals surface area contributed by atoms with Crippen LogP contribution >= 0.6 is 0 Å². The molecule has 0 aliphatic carbocycles. The Hall–Kier alpha value is -0.296. The van der Waals surface area contributed by atoms with Crippen molar-refractivity contribution in [2.75, 3.05) is 13.1 Å². The van der Waals surface area contributed by atoms with Gasteiger partial charge in [0.1, 0.15) is 0 Å². The van der Waals surface area contributed by atoms with Gasteiger partial charge in [0.2, 0.25) is 0 Å². The molecule has 0 fully saturated rings. The number of rotatable bonds is 14. The SMILES string of the molecule is CC[Si](CC)(CC)CCCNC(=O)NCCC[Si](CC)(CC)CC. The van der Waals surface area contributed by atoms with Gasteiger partial charge < -0.3 is 10.6 Å². The minimum absolute atomic E-state index is 0.0310. The summed E-state index contributed by atoms with van der Waals surface area (Å²) in [6.07, 6.45) is 2.29. The zero-order chi connectivity index (χ0) is 18.5. The first-order valence-electron chi connectivity index (χ1n) is 10.5. The van der Waals surface area contributed by atoms with Crippen LogP contribution in [0.4, 0.5) is 4.79 Å². The summed E-state index contributed by atoms with van der Waals surface area (Å²) in [4.78, 5) is 11.9. The lowest BCUT2D eigenvalue weighted by molar-refractivity contribution is 0.241. The van der Waals surface area contributed by atoms with E-state index in [0.29, 0.717) is 0 Å². The second kappa shape index (κ2) is 13.0. The summed E-state index contributed by atoms with van der Waals surface area (Å²) in [5, 5.41) is 6.10. The van der Waals surface area contributed by atoms with Crippen LogP contribution in [0.25, 0.3) is 0 Å². The third kappa shape index (κ3) is 8.19. The van der Waals surface area contributed by atoms with E-state index in [1.807, 2.05) is 0 Å². The van der Waals surface area contributed by atoms with E-state index in [4.69, 9.17) is 0 Å². The van der Waals surface area contributed by atoms with E-state index in [1.165, 1.54) is 48.4 Å². The zero-order valence-corrected chi connectivity index (χ0v) is 19.4. The number of carbonyl (C=O) groups is 1. The fraction of sp³-hybridized carbons (Fsp3) is 0.947. The highest BCUT2D eigenvalue weighted by atomic mass is 28.3. The molecule has 0 heterocycles. The number of carbonyl (C=O) groups excluding carboxylic acids is 1. The molecule has 0 aliphatic rings. The Labute approximate surface area is 153 Å². The maximum Gasteiger partial charge on any atom is 0.314 e. The van der Waals surface area contributed by atoms with Crippen molar-refractivity contribution in [1.82, 2.24) is 10.6 Å². The van der Waals surface area contributed by atoms with Crippen molar-refractivity contribution in [2.24, 2.45) is 0 Å². The molecule has 5 heteroatoms. The lowest BCUT2D eigenvalue weighted by Crippen LogP contribution is -2.39. The minimum atomic E-state index is -1.02. The molecule has 0 aromatic carbocycles. The number of amides is 2. The summed E-state index contributed by atoms with van der Waals surface area (Å²) < 4.78 is 0. The van der Waals surface area contributed by atoms with Gasteiger partial charge in [-0.05, 0) is 12.8 Å². The van der Waals surface area contributed by atoms with Crippen molar-refractivity contribution in [3.63, 3.8) is 0 Å². The summed E-state index contributed by atoms with van der Waals surface area (Å²) in [6.45, 7) is 15.8. The molecule has 3 nitrogen and oxygen atoms in total. The van der Waals surface area contributed by atoms with Crippen molar-refractivity contribution >= 4 is 22.2 Å². The smallest absolute Gasteiger partial charge is 0.314 e. The first-order chi connectivity index (χ1) is 11.5. The van der Waals surface area contributed by atoms with Gasteiger partial charge in [-0.3, -0.25) is 0 Å². The Bertz CT molecular complexity index is 283. The molecule has 144 valence electrons. The van der Waals surface area contributed by atoms with Gasteiger partial charge in [0.25, 0.3) is 0 Å². The number of hydrogen-bond donors (Lipinski definition) is 2. The van der Waals surface area contributed by atoms with Crippen LogP contribution in [0, 0.1) is 0 Å². The third-order valence-electron chi connectivity index (χ3n) is 6.84. The second-order valence-corrected chi connectivity index (χ2v) is 18.8. The van der Waals surface area contributed by atoms with Crippen LogP contribution in [0.2, 0.25) is 48.4 Å². The van der Waals surface area contributed by atoms with E-state index in [-0.39, 0.29) is 6.03 Å². The van der Waals surface area contributed by atoms with E-state index in [9.17, 15) is 4.79 Å². The van der Waals surface area contributed by atoms with Gasteiger partial charge >= 0.3 is 6.03 Å². The van der Waals surface area contributed by atoms with E-state index in [1.54, 1.807) is 0 Å². The van der Waals surface area contributed by atoms with Crippen LogP contribution in [-0.4, -0.2) is 35.3 Å². The first kappa shape index (κ1) is 23.7. The average molecular weight is 373 g/mol. The summed E-state index contributed by atoms with van der Waals surface area (Å²) in [6, 6.07) is 11.0. The molecule has 0 saturated carbocycles. The largest absolute Gasteiger partial charge is 0.338 e. The Morgan fingerprint density at radius 2 is 0.917 bits per heavy atom. The average Bonchev–Trinajstić information content (AvgIpc) is 2.63. The molecule has 2 N–H and O–H groups in total. The molecule has 0 aliphatic heterocycles. The molecule has 0 radical (unpaired) electrons. The van der Waals surface area contributed by atoms with Crippen LogP contribution < -0.4 is 10.6 Å². The molecular formula is C19H44N2OSi2. The van der Waals surface area contributed by atoms with Gasteiger partial charge in [0.05, 0.1) is 16.1 Å². The van der Waals surface area contributed by atoms with Crippen LogP contribution in [-0.2, 0) is 0 Å². The number of nitrogens with one attached hydrogen (secondary N) is 2. The van der Waals surface area contributed by atoms with E-state index in [2.05, 4.69) is 52.2 Å². The monoisotopic (exact) mass is 372 g/mol. The second-order valence-electron chi connectivity index (χ2n) is 7.51. The standard InChI is InChI=1S/C19H44N2OSi2/c1-7-23(8-2,9-3)17-13-15-20-19(22)21-16-14-18-24(10-4,11-5)12-6/h7-18H2,1-6H3,(H2,20,21,22). The van der Waals surface area contributed by atoms with Crippen molar-refractivity contribution in [3.05, 3.63) is 0 Å². The fourth-order valence-corrected chi connectivity index (χ4v) is 10.9. The van der Waals surface area contributed by atoms with Crippen LogP contribution in [0.3, 0.4) is 0 Å². The molecule has 0 bridgehead atoms. The highest BCUT2D eigenvalue weighted by molar-refractivity contribution is 6.80. The van der Waals surface area contributed by atoms with Crippen molar-refractivity contribution in [3.8, 4) is 0 Å². The summed E-state index contributed by atoms with van der Waals surface area (Å²) in [5.41, 5.74) is 0. The van der Waals surface area contributed by atoms with Gasteiger partial charge in [-0.15, -0.1) is 0 Å². The Morgan fingerprint density at radius 3 is 1.17 bits per heavy atom. The van der Waals surface area contributed by atoms with Gasteiger partial charge in [0.15, 0.2) is 0 Å². The van der Waals surface area contributed by atoms with Crippen molar-refractivity contribution in [2.45, 2.75) is 103 Å². The van der Waals surface area contributed by atoms with Gasteiger partial charge in [0, 0.05) is 13.1 Å². The number of hydrogen-bond acceptors (Lipinski definition) is 1. The molecule has 0 aromatic heterocycles. The Morgan fingerprint density at radius 1 is 0.625 bits per heavy atom. The number of urea groups is 1. The van der Waals surface area contributed by atoms with Gasteiger partial charge in [-0.1, -0.05) is 89.9 Å². The fourth-order valence-electron chi connectivity index (χ4n) is 3.95. The van der Waals surface area contributed by atoms with Crippen LogP contribution in [0.5, 0.6) is 0 Å². The molecule has 24 heavy (non-hydrogen) atoms. The molecule has 0 saturated heterocycles. The highest BCUT2D eigenvalue weighted by Gasteiger charge is 2.26. The van der Waals surface area contributed by atoms with Crippen molar-refractivity contribution < 1.29 is 4.79 Å². The molecule has 0 rings (SSSR count). The predicted molar refractivity (Wildman–Crippen MR) is 115 cm³/mol. The van der Waals surface area contributed by atoms with Gasteiger partial charge in [-0.2, -0.15) is 0 Å². The Kier molecular flexibility index (Phi) is 12.8. The highest BCUT2D eigenvalue weighted by Crippen LogP contribution is 2.27. The topological polar surface area (TPSA) is 41.1 Å². The van der Waals surface area contributed by atoms with Crippen LogP contribution in [0.15, 0.2) is 0 Å². The third-order valence-corrected chi connectivity index (χ3v) is 18.7. The van der Waals surface area contributed by atoms with Crippen molar-refractivity contribution in [1.29, 1.82) is 0 Å². The maximum atomic E-state index is 11.9. The van der Waals surface area contributed by atoms with Gasteiger partial charge in [-0.25, -0.2) is 4.79 Å². The normalized spacial score (nSPS) is 12.2. The van der Waals surface area contributed by atoms with E-state index < -0.39 is 16.1 Å². The summed E-state index contributed by atoms with van der Waals surface area (Å²) in [7, 11) is -2.04. The lowest BCUT2D eigenvalue weighted by Gasteiger charge is -2.28. The predicted octanol–water partition coefficient (Wildman–Crippen LogP) is 6.08. The van der Waals surface area contributed by atoms with Crippen LogP contribution in [0.1, 0.15) is 54.4 Å². The lowest BCUT2D eigenvalue weighted by atomic mass is 10.4. The molecule has 0 aromatic rings. The van der Waals surface area contributed by atoms with E-state index >= 15 is 0 Å². The molecule has 0 unspecified atom stereocenters.